The Morgan fingerprint density at radius 2 is 2.04 bits per heavy atom. The fourth-order valence-electron chi connectivity index (χ4n) is 3.14. The summed E-state index contributed by atoms with van der Waals surface area (Å²) >= 11 is 0. The van der Waals surface area contributed by atoms with Crippen LogP contribution in [0, 0.1) is 0 Å². The second-order valence-electron chi connectivity index (χ2n) is 6.78. The molecule has 2 rings (SSSR count). The van der Waals surface area contributed by atoms with Crippen molar-refractivity contribution in [1.82, 2.24) is 10.2 Å². The molecule has 0 spiro atoms. The van der Waals surface area contributed by atoms with Crippen LogP contribution in [0.3, 0.4) is 0 Å². The molecule has 1 aliphatic rings. The van der Waals surface area contributed by atoms with E-state index in [9.17, 15) is 9.90 Å². The normalized spacial score (nSPS) is 16.6. The van der Waals surface area contributed by atoms with Crippen LogP contribution in [0.5, 0.6) is 5.75 Å². The average Bonchev–Trinajstić information content (AvgIpc) is 2.65. The molecule has 0 aliphatic carbocycles. The number of benzene rings is 1. The Morgan fingerprint density at radius 3 is 2.72 bits per heavy atom. The summed E-state index contributed by atoms with van der Waals surface area (Å²) in [5, 5.41) is 13.5. The lowest BCUT2D eigenvalue weighted by Crippen LogP contribution is -2.45. The van der Waals surface area contributed by atoms with Gasteiger partial charge in [-0.25, -0.2) is 0 Å². The Labute approximate surface area is 151 Å². The molecule has 1 atom stereocenters. The number of aliphatic hydroxyl groups is 1. The molecule has 0 aromatic heterocycles. The number of carbonyl (C=O) groups is 1. The number of nitrogens with zero attached hydrogens (tertiary/aromatic N) is 1. The predicted molar refractivity (Wildman–Crippen MR) is 99.7 cm³/mol. The lowest BCUT2D eigenvalue weighted by Gasteiger charge is -2.32. The molecule has 2 N–H and O–H groups in total. The first kappa shape index (κ1) is 19.7. The smallest absolute Gasteiger partial charge is 0.222 e. The van der Waals surface area contributed by atoms with Gasteiger partial charge in [0.2, 0.25) is 5.91 Å². The fraction of sp³-hybridized carbons (Fsp3) is 0.650. The topological polar surface area (TPSA) is 61.8 Å². The Bertz CT molecular complexity index is 487. The summed E-state index contributed by atoms with van der Waals surface area (Å²) in [5.74, 6) is 1.09. The summed E-state index contributed by atoms with van der Waals surface area (Å²) in [6.07, 6.45) is 4.86. The van der Waals surface area contributed by atoms with Crippen LogP contribution < -0.4 is 10.1 Å². The molecule has 1 saturated heterocycles. The molecule has 0 saturated carbocycles. The molecule has 5 nitrogen and oxygen atoms in total. The highest BCUT2D eigenvalue weighted by Gasteiger charge is 2.21. The SMILES string of the molecule is CCCC(=O)N1CCC(NCCCC(O)COc2ccccc2)CC1. The molecule has 1 heterocycles. The van der Waals surface area contributed by atoms with Crippen LogP contribution in [-0.2, 0) is 4.79 Å². The van der Waals surface area contributed by atoms with Crippen LogP contribution in [0.15, 0.2) is 30.3 Å². The van der Waals surface area contributed by atoms with Gasteiger partial charge in [0.15, 0.2) is 0 Å². The molecular formula is C20H32N2O3. The van der Waals surface area contributed by atoms with Crippen LogP contribution in [0.25, 0.3) is 0 Å². The summed E-state index contributed by atoms with van der Waals surface area (Å²) < 4.78 is 5.56. The summed E-state index contributed by atoms with van der Waals surface area (Å²) in [6, 6.07) is 10.1. The molecule has 1 unspecified atom stereocenters. The van der Waals surface area contributed by atoms with Gasteiger partial charge in [-0.15, -0.1) is 0 Å². The van der Waals surface area contributed by atoms with E-state index in [1.807, 2.05) is 42.2 Å². The number of aliphatic hydroxyl groups excluding tert-OH is 1. The Hall–Kier alpha value is -1.59. The number of piperidine rings is 1. The van der Waals surface area contributed by atoms with Crippen molar-refractivity contribution >= 4 is 5.91 Å². The van der Waals surface area contributed by atoms with Gasteiger partial charge in [0.25, 0.3) is 0 Å². The monoisotopic (exact) mass is 348 g/mol. The molecule has 1 aromatic rings. The van der Waals surface area contributed by atoms with Crippen molar-refractivity contribution in [2.24, 2.45) is 0 Å². The van der Waals surface area contributed by atoms with Crippen molar-refractivity contribution in [2.75, 3.05) is 26.2 Å². The third-order valence-electron chi connectivity index (χ3n) is 4.64. The minimum atomic E-state index is -0.435. The van der Waals surface area contributed by atoms with Gasteiger partial charge in [-0.2, -0.15) is 0 Å². The summed E-state index contributed by atoms with van der Waals surface area (Å²) in [7, 11) is 0. The molecule has 1 fully saturated rings. The molecule has 1 amide bonds. The number of amides is 1. The van der Waals surface area contributed by atoms with Crippen LogP contribution in [0.1, 0.15) is 45.4 Å². The maximum atomic E-state index is 11.9. The van der Waals surface area contributed by atoms with E-state index >= 15 is 0 Å². The van der Waals surface area contributed by atoms with E-state index in [0.717, 1.165) is 57.5 Å². The zero-order chi connectivity index (χ0) is 17.9. The maximum absolute atomic E-state index is 11.9. The molecule has 25 heavy (non-hydrogen) atoms. The minimum absolute atomic E-state index is 0.294. The van der Waals surface area contributed by atoms with Gasteiger partial charge in [0.05, 0.1) is 6.10 Å². The van der Waals surface area contributed by atoms with Gasteiger partial charge in [0, 0.05) is 25.6 Å². The van der Waals surface area contributed by atoms with Gasteiger partial charge in [0.1, 0.15) is 12.4 Å². The van der Waals surface area contributed by atoms with E-state index in [0.29, 0.717) is 25.0 Å². The van der Waals surface area contributed by atoms with Crippen molar-refractivity contribution < 1.29 is 14.6 Å². The van der Waals surface area contributed by atoms with Gasteiger partial charge in [-0.3, -0.25) is 4.79 Å². The number of rotatable bonds is 10. The molecule has 1 aromatic carbocycles. The number of likely N-dealkylation sites (tertiary alicyclic amines) is 1. The zero-order valence-corrected chi connectivity index (χ0v) is 15.3. The van der Waals surface area contributed by atoms with Crippen molar-refractivity contribution in [1.29, 1.82) is 0 Å². The van der Waals surface area contributed by atoms with Crippen LogP contribution in [0.2, 0.25) is 0 Å². The second kappa shape index (κ2) is 11.1. The highest BCUT2D eigenvalue weighted by molar-refractivity contribution is 5.76. The van der Waals surface area contributed by atoms with Gasteiger partial charge < -0.3 is 20.1 Å². The first-order valence-electron chi connectivity index (χ1n) is 9.56. The first-order valence-corrected chi connectivity index (χ1v) is 9.56. The predicted octanol–water partition coefficient (Wildman–Crippen LogP) is 2.59. The summed E-state index contributed by atoms with van der Waals surface area (Å²) in [4.78, 5) is 13.9. The molecule has 0 bridgehead atoms. The number of hydrogen-bond donors (Lipinski definition) is 2. The third kappa shape index (κ3) is 7.45. The van der Waals surface area contributed by atoms with E-state index in [1.165, 1.54) is 0 Å². The van der Waals surface area contributed by atoms with Crippen molar-refractivity contribution in [3.8, 4) is 5.75 Å². The Balaban J connectivity index is 1.51. The number of hydrogen-bond acceptors (Lipinski definition) is 4. The highest BCUT2D eigenvalue weighted by atomic mass is 16.5. The Morgan fingerprint density at radius 1 is 1.32 bits per heavy atom. The highest BCUT2D eigenvalue weighted by Crippen LogP contribution is 2.13. The standard InChI is InChI=1S/C20H32N2O3/c1-2-7-20(24)22-14-11-17(12-15-22)21-13-6-8-18(23)16-25-19-9-4-3-5-10-19/h3-5,9-10,17-18,21,23H,2,6-8,11-16H2,1H3. The van der Waals surface area contributed by atoms with Crippen molar-refractivity contribution in [3.63, 3.8) is 0 Å². The number of nitrogens with one attached hydrogen (secondary N) is 1. The molecular weight excluding hydrogens is 316 g/mol. The largest absolute Gasteiger partial charge is 0.491 e. The van der Waals surface area contributed by atoms with Gasteiger partial charge >= 0.3 is 0 Å². The minimum Gasteiger partial charge on any atom is -0.491 e. The molecule has 0 radical (unpaired) electrons. The van der Waals surface area contributed by atoms with Crippen molar-refractivity contribution in [2.45, 2.75) is 57.6 Å². The molecule has 5 heteroatoms. The number of carbonyl (C=O) groups excluding carboxylic acids is 1. The Kier molecular flexibility index (Phi) is 8.77. The van der Waals surface area contributed by atoms with Crippen LogP contribution >= 0.6 is 0 Å². The van der Waals surface area contributed by atoms with E-state index in [2.05, 4.69) is 5.32 Å². The first-order chi connectivity index (χ1) is 12.2. The fourth-order valence-corrected chi connectivity index (χ4v) is 3.14. The van der Waals surface area contributed by atoms with Gasteiger partial charge in [-0.05, 0) is 50.8 Å². The second-order valence-corrected chi connectivity index (χ2v) is 6.78. The summed E-state index contributed by atoms with van der Waals surface area (Å²) in [6.45, 7) is 5.01. The summed E-state index contributed by atoms with van der Waals surface area (Å²) in [5.41, 5.74) is 0. The van der Waals surface area contributed by atoms with E-state index in [-0.39, 0.29) is 0 Å². The van der Waals surface area contributed by atoms with Crippen LogP contribution in [0.4, 0.5) is 0 Å². The molecule has 1 aliphatic heterocycles. The third-order valence-corrected chi connectivity index (χ3v) is 4.64. The van der Waals surface area contributed by atoms with E-state index in [1.54, 1.807) is 0 Å². The molecule has 140 valence electrons. The average molecular weight is 348 g/mol. The van der Waals surface area contributed by atoms with Crippen LogP contribution in [-0.4, -0.2) is 54.3 Å². The van der Waals surface area contributed by atoms with Crippen molar-refractivity contribution in [3.05, 3.63) is 30.3 Å². The maximum Gasteiger partial charge on any atom is 0.222 e. The lowest BCUT2D eigenvalue weighted by atomic mass is 10.0. The number of ether oxygens (including phenoxy) is 1. The van der Waals surface area contributed by atoms with E-state index < -0.39 is 6.10 Å². The zero-order valence-electron chi connectivity index (χ0n) is 15.3. The quantitative estimate of drug-likeness (QED) is 0.638. The number of para-hydroxylation sites is 1. The van der Waals surface area contributed by atoms with E-state index in [4.69, 9.17) is 4.74 Å². The van der Waals surface area contributed by atoms with Gasteiger partial charge in [-0.1, -0.05) is 25.1 Å². The lowest BCUT2D eigenvalue weighted by molar-refractivity contribution is -0.132.